The molecule has 0 fully saturated rings. The SMILES string of the molecule is C1=CCc2ccc(cc2)N=C(c2ccccc2)c2ccc(cc2)C(c2ccccc2)=Nc2ccc(cc2)Cc2ccc(cc2)N=C(c2ccccc2)c2ccc(cc2)C(c2ccccc2)=N/C=C\1. The van der Waals surface area contributed by atoms with Crippen LogP contribution in [0.1, 0.15) is 61.2 Å². The van der Waals surface area contributed by atoms with Crippen molar-refractivity contribution < 1.29 is 0 Å². The Morgan fingerprint density at radius 1 is 0.250 bits per heavy atom. The van der Waals surface area contributed by atoms with Gasteiger partial charge in [-0.3, -0.25) is 4.99 Å². The van der Waals surface area contributed by atoms with E-state index in [9.17, 15) is 0 Å². The first-order chi connectivity index (χ1) is 33.7. The van der Waals surface area contributed by atoms with Crippen LogP contribution in [0.3, 0.4) is 0 Å². The van der Waals surface area contributed by atoms with Crippen LogP contribution in [0.25, 0.3) is 0 Å². The number of allylic oxidation sites excluding steroid dienone is 3. The minimum atomic E-state index is 0.781. The van der Waals surface area contributed by atoms with Gasteiger partial charge in [-0.25, -0.2) is 15.0 Å². The highest BCUT2D eigenvalue weighted by atomic mass is 14.8. The van der Waals surface area contributed by atoms with Crippen molar-refractivity contribution in [2.24, 2.45) is 20.0 Å². The van der Waals surface area contributed by atoms with Gasteiger partial charge in [0.05, 0.1) is 39.9 Å². The lowest BCUT2D eigenvalue weighted by Gasteiger charge is -2.12. The van der Waals surface area contributed by atoms with E-state index in [1.54, 1.807) is 0 Å². The van der Waals surface area contributed by atoms with Gasteiger partial charge >= 0.3 is 0 Å². The number of nitrogens with zero attached hydrogens (tertiary/aromatic N) is 4. The van der Waals surface area contributed by atoms with Crippen molar-refractivity contribution in [2.45, 2.75) is 12.8 Å². The predicted molar refractivity (Wildman–Crippen MR) is 284 cm³/mol. The molecule has 0 unspecified atom stereocenters. The molecule has 9 aromatic rings. The van der Waals surface area contributed by atoms with Crippen LogP contribution in [0.5, 0.6) is 0 Å². The van der Waals surface area contributed by atoms with E-state index in [0.717, 1.165) is 97.3 Å². The number of aliphatic imine (C=N–C) groups is 4. The Morgan fingerprint density at radius 2 is 0.544 bits per heavy atom. The number of fused-ring (bicyclic) bond motifs is 1. The Bertz CT molecular complexity index is 3240. The van der Waals surface area contributed by atoms with Gasteiger partial charge in [0.15, 0.2) is 0 Å². The Kier molecular flexibility index (Phi) is 13.3. The van der Waals surface area contributed by atoms with E-state index in [2.05, 4.69) is 231 Å². The number of rotatable bonds is 4. The minimum Gasteiger partial charge on any atom is -0.256 e. The summed E-state index contributed by atoms with van der Waals surface area (Å²) in [6.07, 6.45) is 9.66. The fourth-order valence-corrected chi connectivity index (χ4v) is 8.32. The molecule has 8 heterocycles. The monoisotopic (exact) mass is 872 g/mol. The van der Waals surface area contributed by atoms with Gasteiger partial charge in [-0.1, -0.05) is 218 Å². The van der Waals surface area contributed by atoms with Crippen molar-refractivity contribution in [3.63, 3.8) is 0 Å². The largest absolute Gasteiger partial charge is 0.256 e. The number of benzene rings is 9. The van der Waals surface area contributed by atoms with Crippen molar-refractivity contribution in [3.8, 4) is 0 Å². The van der Waals surface area contributed by atoms with Crippen molar-refractivity contribution >= 4 is 39.9 Å². The summed E-state index contributed by atoms with van der Waals surface area (Å²) < 4.78 is 0. The Balaban J connectivity index is 1.03. The van der Waals surface area contributed by atoms with E-state index in [4.69, 9.17) is 20.0 Å². The third-order valence-electron chi connectivity index (χ3n) is 11.9. The molecule has 8 aliphatic rings. The highest BCUT2D eigenvalue weighted by molar-refractivity contribution is 6.17. The predicted octanol–water partition coefficient (Wildman–Crippen LogP) is 15.2. The van der Waals surface area contributed by atoms with Crippen LogP contribution >= 0.6 is 0 Å². The zero-order valence-corrected chi connectivity index (χ0v) is 37.6. The summed E-state index contributed by atoms with van der Waals surface area (Å²) in [6.45, 7) is 0. The summed E-state index contributed by atoms with van der Waals surface area (Å²) in [6, 6.07) is 84.4. The van der Waals surface area contributed by atoms with Gasteiger partial charge in [-0.05, 0) is 72.0 Å². The second kappa shape index (κ2) is 21.0. The maximum absolute atomic E-state index is 5.26. The van der Waals surface area contributed by atoms with Gasteiger partial charge in [-0.2, -0.15) is 0 Å². The highest BCUT2D eigenvalue weighted by Crippen LogP contribution is 2.26. The van der Waals surface area contributed by atoms with Gasteiger partial charge in [0.25, 0.3) is 0 Å². The molecule has 8 aliphatic heterocycles. The maximum atomic E-state index is 5.26. The van der Waals surface area contributed by atoms with Crippen molar-refractivity contribution in [1.29, 1.82) is 0 Å². The van der Waals surface area contributed by atoms with Crippen LogP contribution in [0.4, 0.5) is 17.1 Å². The van der Waals surface area contributed by atoms with Gasteiger partial charge in [0.2, 0.25) is 0 Å². The fraction of sp³-hybridized carbons (Fsp3) is 0.0312. The first kappa shape index (κ1) is 43.1. The van der Waals surface area contributed by atoms with E-state index in [1.807, 2.05) is 36.5 Å². The molecule has 0 radical (unpaired) electrons. The summed E-state index contributed by atoms with van der Waals surface area (Å²) in [7, 11) is 0. The molecule has 0 atom stereocenters. The van der Waals surface area contributed by atoms with E-state index < -0.39 is 0 Å². The van der Waals surface area contributed by atoms with Crippen LogP contribution in [0, 0.1) is 0 Å². The molecule has 9 aromatic carbocycles. The van der Waals surface area contributed by atoms with Gasteiger partial charge in [0, 0.05) is 50.7 Å². The molecule has 4 heteroatoms. The Hall–Kier alpha value is -8.86. The molecule has 0 N–H and O–H groups in total. The molecule has 0 saturated heterocycles. The average Bonchev–Trinajstić information content (AvgIpc) is 3.41. The van der Waals surface area contributed by atoms with Crippen LogP contribution in [0.15, 0.2) is 287 Å². The third-order valence-corrected chi connectivity index (χ3v) is 11.9. The van der Waals surface area contributed by atoms with Crippen molar-refractivity contribution in [1.82, 2.24) is 0 Å². The van der Waals surface area contributed by atoms with Crippen LogP contribution in [0.2, 0.25) is 0 Å². The van der Waals surface area contributed by atoms with Gasteiger partial charge in [0.1, 0.15) is 0 Å². The quantitative estimate of drug-likeness (QED) is 0.169. The molecule has 10 bridgehead atoms. The van der Waals surface area contributed by atoms with Gasteiger partial charge in [-0.15, -0.1) is 0 Å². The second-order valence-corrected chi connectivity index (χ2v) is 16.6. The first-order valence-electron chi connectivity index (χ1n) is 23.0. The number of hydrogen-bond donors (Lipinski definition) is 0. The second-order valence-electron chi connectivity index (χ2n) is 16.6. The zero-order valence-electron chi connectivity index (χ0n) is 37.6. The Morgan fingerprint density at radius 3 is 0.897 bits per heavy atom. The molecule has 0 spiro atoms. The van der Waals surface area contributed by atoms with Crippen molar-refractivity contribution in [2.75, 3.05) is 0 Å². The molecule has 0 amide bonds. The van der Waals surface area contributed by atoms with E-state index in [-0.39, 0.29) is 0 Å². The van der Waals surface area contributed by atoms with Crippen LogP contribution in [-0.4, -0.2) is 22.8 Å². The zero-order chi connectivity index (χ0) is 45.7. The summed E-state index contributed by atoms with van der Waals surface area (Å²) >= 11 is 0. The highest BCUT2D eigenvalue weighted by Gasteiger charge is 2.14. The fourth-order valence-electron chi connectivity index (χ4n) is 8.32. The summed E-state index contributed by atoms with van der Waals surface area (Å²) in [5.41, 5.74) is 18.2. The molecule has 4 nitrogen and oxygen atoms in total. The topological polar surface area (TPSA) is 49.4 Å². The summed E-state index contributed by atoms with van der Waals surface area (Å²) in [5.74, 6) is 0. The molecular formula is C64H48N4. The average molecular weight is 873 g/mol. The molecule has 0 aliphatic carbocycles. The standard InChI is InChI=1S/C64H48N4/c1-7-17-50(18-8-1)61-54-31-33-55(34-32-54)62(51-19-9-2-10-20-51)67-59-41-27-48(28-42-59)46-49-29-43-60(44-30-49)68-64(53-23-13-4-14-24-53)57-37-35-56(36-38-57)63(52-21-11-3-12-22-52)66-58-39-25-47(26-40-58)16-6-5-15-45-65-61/h1-15,17-45H,16,46H2/b6-5?,45-15-,65-61?,66-63?,67-62?,68-64?. The molecule has 17 rings (SSSR count). The molecular weight excluding hydrogens is 825 g/mol. The lowest BCUT2D eigenvalue weighted by atomic mass is 9.97. The summed E-state index contributed by atoms with van der Waals surface area (Å²) in [4.78, 5) is 20.7. The van der Waals surface area contributed by atoms with Crippen LogP contribution < -0.4 is 0 Å². The van der Waals surface area contributed by atoms with Crippen molar-refractivity contribution in [3.05, 3.63) is 328 Å². The lowest BCUT2D eigenvalue weighted by Crippen LogP contribution is -2.06. The Labute approximate surface area is 399 Å². The smallest absolute Gasteiger partial charge is 0.0781 e. The van der Waals surface area contributed by atoms with E-state index in [0.29, 0.717) is 0 Å². The minimum absolute atomic E-state index is 0.781. The normalized spacial score (nSPS) is 13.6. The molecule has 68 heavy (non-hydrogen) atoms. The van der Waals surface area contributed by atoms with E-state index in [1.165, 1.54) is 16.7 Å². The van der Waals surface area contributed by atoms with Gasteiger partial charge < -0.3 is 0 Å². The number of hydrogen-bond acceptors (Lipinski definition) is 4. The third kappa shape index (κ3) is 10.6. The molecule has 324 valence electrons. The lowest BCUT2D eigenvalue weighted by molar-refractivity contribution is 1.19. The first-order valence-corrected chi connectivity index (χ1v) is 23.0. The van der Waals surface area contributed by atoms with Crippen LogP contribution in [-0.2, 0) is 12.8 Å². The van der Waals surface area contributed by atoms with E-state index >= 15 is 0 Å². The molecule has 0 aromatic heterocycles. The summed E-state index contributed by atoms with van der Waals surface area (Å²) in [5, 5.41) is 0. The molecule has 0 saturated carbocycles. The maximum Gasteiger partial charge on any atom is 0.0781 e.